The molecule has 0 bridgehead atoms. The van der Waals surface area contributed by atoms with E-state index in [4.69, 9.17) is 4.74 Å². The zero-order valence-corrected chi connectivity index (χ0v) is 6.90. The van der Waals surface area contributed by atoms with Crippen molar-refractivity contribution in [1.29, 1.82) is 0 Å². The molecule has 1 rings (SSSR count). The van der Waals surface area contributed by atoms with Gasteiger partial charge < -0.3 is 9.84 Å². The summed E-state index contributed by atoms with van der Waals surface area (Å²) in [7, 11) is 1.55. The quantitative estimate of drug-likeness (QED) is 0.686. The van der Waals surface area contributed by atoms with E-state index in [1.165, 1.54) is 6.08 Å². The normalized spacial score (nSPS) is 12.2. The van der Waals surface area contributed by atoms with Crippen LogP contribution in [-0.2, 0) is 0 Å². The molecule has 1 heterocycles. The molecule has 0 saturated carbocycles. The molecule has 3 heteroatoms. The first-order chi connectivity index (χ1) is 5.77. The molecule has 0 fully saturated rings. The maximum Gasteiger partial charge on any atom is 0.212 e. The van der Waals surface area contributed by atoms with Gasteiger partial charge in [-0.3, -0.25) is 0 Å². The van der Waals surface area contributed by atoms with Crippen LogP contribution in [0.2, 0.25) is 0 Å². The summed E-state index contributed by atoms with van der Waals surface area (Å²) >= 11 is 0. The topological polar surface area (TPSA) is 42.4 Å². The van der Waals surface area contributed by atoms with Gasteiger partial charge in [-0.2, -0.15) is 0 Å². The Kier molecular flexibility index (Phi) is 2.82. The summed E-state index contributed by atoms with van der Waals surface area (Å²) in [6.45, 7) is 3.47. The van der Waals surface area contributed by atoms with E-state index in [2.05, 4.69) is 11.6 Å². The van der Waals surface area contributed by atoms with Crippen molar-refractivity contribution in [3.8, 4) is 5.88 Å². The summed E-state index contributed by atoms with van der Waals surface area (Å²) in [6, 6.07) is 3.44. The van der Waals surface area contributed by atoms with E-state index >= 15 is 0 Å². The first-order valence-electron chi connectivity index (χ1n) is 3.58. The van der Waals surface area contributed by atoms with Crippen LogP contribution in [0.3, 0.4) is 0 Å². The zero-order chi connectivity index (χ0) is 8.97. The highest BCUT2D eigenvalue weighted by atomic mass is 16.5. The van der Waals surface area contributed by atoms with Crippen molar-refractivity contribution in [2.45, 2.75) is 6.10 Å². The number of hydrogen-bond donors (Lipinski definition) is 1. The number of ether oxygens (including phenoxy) is 1. The third-order valence-electron chi connectivity index (χ3n) is 1.53. The number of nitrogens with zero attached hydrogens (tertiary/aromatic N) is 1. The van der Waals surface area contributed by atoms with E-state index in [1.807, 2.05) is 0 Å². The standard InChI is InChI=1S/C9H11NO2/c1-3-8(11)7-4-5-9(12-2)10-6-7/h3-6,8,11H,1H2,2H3/t8-/m0/s1. The van der Waals surface area contributed by atoms with Crippen LogP contribution in [0.25, 0.3) is 0 Å². The highest BCUT2D eigenvalue weighted by molar-refractivity contribution is 5.21. The molecular weight excluding hydrogens is 154 g/mol. The summed E-state index contributed by atoms with van der Waals surface area (Å²) in [4.78, 5) is 3.94. The Hall–Kier alpha value is -1.35. The van der Waals surface area contributed by atoms with E-state index < -0.39 is 6.10 Å². The minimum absolute atomic E-state index is 0.537. The fourth-order valence-electron chi connectivity index (χ4n) is 0.824. The number of hydrogen-bond acceptors (Lipinski definition) is 3. The molecule has 0 radical (unpaired) electrons. The molecule has 0 unspecified atom stereocenters. The number of pyridine rings is 1. The van der Waals surface area contributed by atoms with Crippen LogP contribution >= 0.6 is 0 Å². The molecule has 12 heavy (non-hydrogen) atoms. The van der Waals surface area contributed by atoms with Gasteiger partial charge in [-0.1, -0.05) is 6.08 Å². The molecule has 3 nitrogen and oxygen atoms in total. The van der Waals surface area contributed by atoms with Gasteiger partial charge in [-0.05, 0) is 6.07 Å². The van der Waals surface area contributed by atoms with E-state index in [0.717, 1.165) is 0 Å². The lowest BCUT2D eigenvalue weighted by atomic mass is 10.2. The van der Waals surface area contributed by atoms with Gasteiger partial charge >= 0.3 is 0 Å². The van der Waals surface area contributed by atoms with Crippen molar-refractivity contribution in [1.82, 2.24) is 4.98 Å². The molecule has 1 aromatic rings. The van der Waals surface area contributed by atoms with Gasteiger partial charge in [-0.25, -0.2) is 4.98 Å². The van der Waals surface area contributed by atoms with Crippen LogP contribution < -0.4 is 4.74 Å². The SMILES string of the molecule is C=C[C@H](O)c1ccc(OC)nc1. The fraction of sp³-hybridized carbons (Fsp3) is 0.222. The first kappa shape index (κ1) is 8.74. The number of aliphatic hydroxyl groups is 1. The summed E-state index contributed by atoms with van der Waals surface area (Å²) in [5, 5.41) is 9.29. The summed E-state index contributed by atoms with van der Waals surface area (Å²) < 4.78 is 4.86. The molecule has 0 spiro atoms. The molecule has 1 N–H and O–H groups in total. The van der Waals surface area contributed by atoms with Crippen molar-refractivity contribution in [2.75, 3.05) is 7.11 Å². The highest BCUT2D eigenvalue weighted by Crippen LogP contribution is 2.14. The number of methoxy groups -OCH3 is 1. The van der Waals surface area contributed by atoms with E-state index in [1.54, 1.807) is 25.4 Å². The lowest BCUT2D eigenvalue weighted by molar-refractivity contribution is 0.228. The summed E-state index contributed by atoms with van der Waals surface area (Å²) in [6.07, 6.45) is 2.36. The smallest absolute Gasteiger partial charge is 0.212 e. The second-order valence-corrected chi connectivity index (χ2v) is 2.31. The molecular formula is C9H11NO2. The van der Waals surface area contributed by atoms with Crippen LogP contribution in [0.5, 0.6) is 5.88 Å². The minimum atomic E-state index is -0.650. The van der Waals surface area contributed by atoms with Crippen LogP contribution in [0.4, 0.5) is 0 Å². The highest BCUT2D eigenvalue weighted by Gasteiger charge is 2.02. The number of aromatic nitrogens is 1. The lowest BCUT2D eigenvalue weighted by Gasteiger charge is -2.04. The third-order valence-corrected chi connectivity index (χ3v) is 1.53. The fourth-order valence-corrected chi connectivity index (χ4v) is 0.824. The minimum Gasteiger partial charge on any atom is -0.481 e. The van der Waals surface area contributed by atoms with Gasteiger partial charge in [-0.15, -0.1) is 6.58 Å². The second kappa shape index (κ2) is 3.88. The van der Waals surface area contributed by atoms with E-state index in [9.17, 15) is 5.11 Å². The van der Waals surface area contributed by atoms with Gasteiger partial charge in [0.05, 0.1) is 13.2 Å². The van der Waals surface area contributed by atoms with Crippen molar-refractivity contribution < 1.29 is 9.84 Å². The average Bonchev–Trinajstić information content (AvgIpc) is 2.17. The molecule has 1 atom stereocenters. The third kappa shape index (κ3) is 1.83. The van der Waals surface area contributed by atoms with Gasteiger partial charge in [0.25, 0.3) is 0 Å². The Bertz CT molecular complexity index is 256. The van der Waals surface area contributed by atoms with E-state index in [-0.39, 0.29) is 0 Å². The average molecular weight is 165 g/mol. The molecule has 0 aliphatic heterocycles. The maximum absolute atomic E-state index is 9.29. The molecule has 0 aliphatic rings. The molecule has 0 aliphatic carbocycles. The Balaban J connectivity index is 2.84. The van der Waals surface area contributed by atoms with Gasteiger partial charge in [0, 0.05) is 17.8 Å². The molecule has 0 saturated heterocycles. The largest absolute Gasteiger partial charge is 0.481 e. The maximum atomic E-state index is 9.29. The Morgan fingerprint density at radius 2 is 2.42 bits per heavy atom. The lowest BCUT2D eigenvalue weighted by Crippen LogP contribution is -1.94. The van der Waals surface area contributed by atoms with Crippen LogP contribution in [0.15, 0.2) is 31.0 Å². The van der Waals surface area contributed by atoms with Crippen molar-refractivity contribution in [2.24, 2.45) is 0 Å². The van der Waals surface area contributed by atoms with Gasteiger partial charge in [0.1, 0.15) is 0 Å². The summed E-state index contributed by atoms with van der Waals surface area (Å²) in [5.74, 6) is 0.537. The summed E-state index contributed by atoms with van der Waals surface area (Å²) in [5.41, 5.74) is 0.714. The Labute approximate surface area is 71.3 Å². The first-order valence-corrected chi connectivity index (χ1v) is 3.58. The van der Waals surface area contributed by atoms with Crippen LogP contribution in [0, 0.1) is 0 Å². The van der Waals surface area contributed by atoms with E-state index in [0.29, 0.717) is 11.4 Å². The Morgan fingerprint density at radius 1 is 1.67 bits per heavy atom. The molecule has 0 amide bonds. The predicted molar refractivity (Wildman–Crippen MR) is 45.9 cm³/mol. The van der Waals surface area contributed by atoms with Gasteiger partial charge in [0.2, 0.25) is 5.88 Å². The van der Waals surface area contributed by atoms with Gasteiger partial charge in [0.15, 0.2) is 0 Å². The monoisotopic (exact) mass is 165 g/mol. The van der Waals surface area contributed by atoms with Crippen LogP contribution in [0.1, 0.15) is 11.7 Å². The zero-order valence-electron chi connectivity index (χ0n) is 6.90. The molecule has 64 valence electrons. The Morgan fingerprint density at radius 3 is 2.83 bits per heavy atom. The predicted octanol–water partition coefficient (Wildman–Crippen LogP) is 1.31. The molecule has 1 aromatic heterocycles. The number of aliphatic hydroxyl groups excluding tert-OH is 1. The molecule has 0 aromatic carbocycles. The second-order valence-electron chi connectivity index (χ2n) is 2.31. The van der Waals surface area contributed by atoms with Crippen molar-refractivity contribution in [3.63, 3.8) is 0 Å². The van der Waals surface area contributed by atoms with Crippen LogP contribution in [-0.4, -0.2) is 17.2 Å². The van der Waals surface area contributed by atoms with Crippen molar-refractivity contribution >= 4 is 0 Å². The number of rotatable bonds is 3. The van der Waals surface area contributed by atoms with Crippen molar-refractivity contribution in [3.05, 3.63) is 36.5 Å².